The van der Waals surface area contributed by atoms with E-state index in [1.54, 1.807) is 49.1 Å². The predicted octanol–water partition coefficient (Wildman–Crippen LogP) is 3.83. The standard InChI is InChI=1S/C20H14ClFN7O/c1-28-11-26-19-7-13(4-5-29(19)28)30-17-3-2-12(6-15(17)22)27-20-14-8-18(21)23-9-16(14)24-10-25-20/h2-11H,1H3,(H,24,25,27)/q+1. The molecular weight excluding hydrogens is 409 g/mol. The monoisotopic (exact) mass is 422 g/mol. The molecule has 30 heavy (non-hydrogen) atoms. The number of aryl methyl sites for hydroxylation is 1. The highest BCUT2D eigenvalue weighted by Crippen LogP contribution is 2.29. The van der Waals surface area contributed by atoms with Crippen LogP contribution >= 0.6 is 11.6 Å². The second-order valence-corrected chi connectivity index (χ2v) is 6.89. The van der Waals surface area contributed by atoms with E-state index < -0.39 is 5.82 Å². The second kappa shape index (κ2) is 7.20. The number of halogens is 2. The molecule has 0 aliphatic rings. The van der Waals surface area contributed by atoms with Crippen LogP contribution in [0.5, 0.6) is 11.5 Å². The van der Waals surface area contributed by atoms with E-state index >= 15 is 0 Å². The number of rotatable bonds is 4. The van der Waals surface area contributed by atoms with E-state index in [4.69, 9.17) is 16.3 Å². The predicted molar refractivity (Wildman–Crippen MR) is 108 cm³/mol. The van der Waals surface area contributed by atoms with Crippen molar-refractivity contribution in [2.24, 2.45) is 7.05 Å². The Morgan fingerprint density at radius 1 is 1.10 bits per heavy atom. The number of ether oxygens (including phenoxy) is 1. The van der Waals surface area contributed by atoms with Crippen LogP contribution in [0.2, 0.25) is 5.15 Å². The molecule has 0 amide bonds. The average Bonchev–Trinajstić information content (AvgIpc) is 3.11. The zero-order valence-corrected chi connectivity index (χ0v) is 16.4. The Morgan fingerprint density at radius 3 is 2.87 bits per heavy atom. The summed E-state index contributed by atoms with van der Waals surface area (Å²) in [5.74, 6) is 0.555. The maximum Gasteiger partial charge on any atom is 0.307 e. The molecule has 148 valence electrons. The van der Waals surface area contributed by atoms with E-state index in [2.05, 4.69) is 25.3 Å². The quantitative estimate of drug-likeness (QED) is 0.350. The van der Waals surface area contributed by atoms with E-state index in [-0.39, 0.29) is 5.75 Å². The molecule has 1 aromatic carbocycles. The lowest BCUT2D eigenvalue weighted by Gasteiger charge is -2.11. The van der Waals surface area contributed by atoms with Gasteiger partial charge in [0.25, 0.3) is 5.65 Å². The highest BCUT2D eigenvalue weighted by molar-refractivity contribution is 6.30. The third-order valence-electron chi connectivity index (χ3n) is 4.49. The lowest BCUT2D eigenvalue weighted by molar-refractivity contribution is -0.739. The number of pyridine rings is 2. The molecule has 8 nitrogen and oxygen atoms in total. The number of nitrogens with one attached hydrogen (secondary N) is 1. The second-order valence-electron chi connectivity index (χ2n) is 6.50. The zero-order chi connectivity index (χ0) is 20.7. The van der Waals surface area contributed by atoms with Gasteiger partial charge in [-0.1, -0.05) is 11.6 Å². The average molecular weight is 423 g/mol. The van der Waals surface area contributed by atoms with E-state index in [0.717, 1.165) is 0 Å². The van der Waals surface area contributed by atoms with Gasteiger partial charge in [-0.05, 0) is 23.2 Å². The highest BCUT2D eigenvalue weighted by atomic mass is 35.5. The Balaban J connectivity index is 1.41. The summed E-state index contributed by atoms with van der Waals surface area (Å²) in [6.45, 7) is 0. The first-order valence-corrected chi connectivity index (χ1v) is 9.28. The first kappa shape index (κ1) is 18.2. The Bertz CT molecular complexity index is 1410. The molecule has 0 unspecified atom stereocenters. The lowest BCUT2D eigenvalue weighted by atomic mass is 10.2. The molecule has 1 N–H and O–H groups in total. The van der Waals surface area contributed by atoms with Crippen molar-refractivity contribution in [2.45, 2.75) is 0 Å². The van der Waals surface area contributed by atoms with E-state index in [9.17, 15) is 4.39 Å². The Hall–Kier alpha value is -3.85. The number of benzene rings is 1. The smallest absolute Gasteiger partial charge is 0.307 e. The topological polar surface area (TPSA) is 81.1 Å². The third kappa shape index (κ3) is 3.35. The zero-order valence-electron chi connectivity index (χ0n) is 15.6. The summed E-state index contributed by atoms with van der Waals surface area (Å²) in [5, 5.41) is 4.08. The van der Waals surface area contributed by atoms with Crippen LogP contribution in [0.1, 0.15) is 0 Å². The molecule has 0 radical (unpaired) electrons. The minimum Gasteiger partial charge on any atom is -0.454 e. The SMILES string of the molecule is C[n+]1cnc2cc(Oc3ccc(Nc4ncnc5cnc(Cl)cc45)cc3F)ccn21. The van der Waals surface area contributed by atoms with Gasteiger partial charge in [0.2, 0.25) is 0 Å². The number of hydrogen-bond acceptors (Lipinski definition) is 6. The first-order valence-electron chi connectivity index (χ1n) is 8.90. The van der Waals surface area contributed by atoms with Gasteiger partial charge in [-0.15, -0.1) is 4.52 Å². The molecule has 0 spiro atoms. The Morgan fingerprint density at radius 2 is 2.00 bits per heavy atom. The molecule has 4 aromatic heterocycles. The maximum absolute atomic E-state index is 14.7. The van der Waals surface area contributed by atoms with Gasteiger partial charge in [0.1, 0.15) is 30.1 Å². The van der Waals surface area contributed by atoms with Crippen LogP contribution < -0.4 is 14.7 Å². The van der Waals surface area contributed by atoms with Gasteiger partial charge in [-0.3, -0.25) is 0 Å². The van der Waals surface area contributed by atoms with Gasteiger partial charge in [0.05, 0.1) is 24.0 Å². The minimum absolute atomic E-state index is 0.0978. The molecule has 0 bridgehead atoms. The Labute approximate surface area is 174 Å². The van der Waals surface area contributed by atoms with Crippen LogP contribution in [0.15, 0.2) is 61.4 Å². The molecule has 5 aromatic rings. The summed E-state index contributed by atoms with van der Waals surface area (Å²) in [4.78, 5) is 16.6. The van der Waals surface area contributed by atoms with E-state index in [1.807, 2.05) is 16.2 Å². The van der Waals surface area contributed by atoms with Crippen LogP contribution in [-0.2, 0) is 7.05 Å². The van der Waals surface area contributed by atoms with Crippen LogP contribution in [0.25, 0.3) is 16.6 Å². The molecule has 4 heterocycles. The fourth-order valence-corrected chi connectivity index (χ4v) is 3.20. The summed E-state index contributed by atoms with van der Waals surface area (Å²) in [6.07, 6.45) is 6.44. The summed E-state index contributed by atoms with van der Waals surface area (Å²) >= 11 is 5.98. The normalized spacial score (nSPS) is 11.2. The number of anilines is 2. The lowest BCUT2D eigenvalue weighted by Crippen LogP contribution is -2.33. The van der Waals surface area contributed by atoms with E-state index in [0.29, 0.717) is 39.0 Å². The summed E-state index contributed by atoms with van der Waals surface area (Å²) in [5.41, 5.74) is 1.82. The van der Waals surface area contributed by atoms with E-state index in [1.165, 1.54) is 12.4 Å². The van der Waals surface area contributed by atoms with Crippen molar-refractivity contribution < 1.29 is 13.8 Å². The number of hydrogen-bond donors (Lipinski definition) is 1. The van der Waals surface area contributed by atoms with Crippen molar-refractivity contribution in [1.82, 2.24) is 24.5 Å². The van der Waals surface area contributed by atoms with Crippen LogP contribution in [-0.4, -0.2) is 24.5 Å². The summed E-state index contributed by atoms with van der Waals surface area (Å²) in [7, 11) is 1.87. The molecule has 0 atom stereocenters. The van der Waals surface area contributed by atoms with Crippen molar-refractivity contribution in [3.63, 3.8) is 0 Å². The molecule has 0 saturated heterocycles. The summed E-state index contributed by atoms with van der Waals surface area (Å²) in [6, 6.07) is 9.70. The van der Waals surface area contributed by atoms with Crippen molar-refractivity contribution in [3.05, 3.63) is 72.4 Å². The molecule has 0 aliphatic heterocycles. The molecule has 0 saturated carbocycles. The minimum atomic E-state index is -0.521. The summed E-state index contributed by atoms with van der Waals surface area (Å²) < 4.78 is 24.0. The van der Waals surface area contributed by atoms with Crippen LogP contribution in [0.4, 0.5) is 15.9 Å². The van der Waals surface area contributed by atoms with Crippen molar-refractivity contribution in [3.8, 4) is 11.5 Å². The number of nitrogens with zero attached hydrogens (tertiary/aromatic N) is 6. The highest BCUT2D eigenvalue weighted by Gasteiger charge is 2.12. The van der Waals surface area contributed by atoms with Crippen LogP contribution in [0.3, 0.4) is 0 Å². The number of fused-ring (bicyclic) bond motifs is 2. The van der Waals surface area contributed by atoms with Crippen molar-refractivity contribution >= 4 is 39.7 Å². The van der Waals surface area contributed by atoms with Gasteiger partial charge in [-0.2, -0.15) is 4.68 Å². The van der Waals surface area contributed by atoms with Crippen molar-refractivity contribution in [1.29, 1.82) is 0 Å². The fourth-order valence-electron chi connectivity index (χ4n) is 3.05. The van der Waals surface area contributed by atoms with Gasteiger partial charge in [0.15, 0.2) is 11.6 Å². The largest absolute Gasteiger partial charge is 0.454 e. The fraction of sp³-hybridized carbons (Fsp3) is 0.0500. The molecular formula is C20H14ClFN7O+. The van der Waals surface area contributed by atoms with Gasteiger partial charge in [0, 0.05) is 23.2 Å². The van der Waals surface area contributed by atoms with Crippen LogP contribution in [0, 0.1) is 5.82 Å². The Kier molecular flexibility index (Phi) is 4.36. The first-order chi connectivity index (χ1) is 14.6. The molecule has 10 heteroatoms. The number of aromatic nitrogens is 6. The molecule has 5 rings (SSSR count). The molecule has 0 aliphatic carbocycles. The van der Waals surface area contributed by atoms with Gasteiger partial charge in [-0.25, -0.2) is 19.3 Å². The van der Waals surface area contributed by atoms with Gasteiger partial charge >= 0.3 is 6.33 Å². The molecule has 0 fully saturated rings. The third-order valence-corrected chi connectivity index (χ3v) is 4.70. The maximum atomic E-state index is 14.7. The van der Waals surface area contributed by atoms with Gasteiger partial charge < -0.3 is 10.1 Å². The van der Waals surface area contributed by atoms with Crippen molar-refractivity contribution in [2.75, 3.05) is 5.32 Å².